The van der Waals surface area contributed by atoms with Gasteiger partial charge < -0.3 is 9.80 Å². The van der Waals surface area contributed by atoms with Gasteiger partial charge in [0.1, 0.15) is 0 Å². The van der Waals surface area contributed by atoms with Gasteiger partial charge in [-0.05, 0) is 25.9 Å². The van der Waals surface area contributed by atoms with Crippen LogP contribution in [0.25, 0.3) is 0 Å². The van der Waals surface area contributed by atoms with Crippen LogP contribution in [-0.4, -0.2) is 108 Å². The molecule has 8 heteroatoms. The summed E-state index contributed by atoms with van der Waals surface area (Å²) >= 11 is 6.71. The van der Waals surface area contributed by atoms with Crippen molar-refractivity contribution in [2.24, 2.45) is 0 Å². The Morgan fingerprint density at radius 1 is 0.500 bits per heavy atom. The summed E-state index contributed by atoms with van der Waals surface area (Å²) in [6, 6.07) is 0. The molecule has 0 saturated carbocycles. The molecule has 0 N–H and O–H groups in total. The van der Waals surface area contributed by atoms with Crippen LogP contribution >= 0.6 is 31.9 Å². The standard InChI is InChI=1S/C24H44Br2N4O2/c25-11-9-23(31)29-19-15-27(16-20-29)13-7-5-3-1-2-4-6-8-14-28-17-21-30(22-18-28)24(32)10-12-26/h1-22H2. The summed E-state index contributed by atoms with van der Waals surface area (Å²) in [6.45, 7) is 10.1. The topological polar surface area (TPSA) is 47.1 Å². The molecule has 0 aromatic heterocycles. The highest BCUT2D eigenvalue weighted by atomic mass is 79.9. The molecule has 2 heterocycles. The molecule has 0 aromatic rings. The van der Waals surface area contributed by atoms with Crippen molar-refractivity contribution in [3.8, 4) is 0 Å². The fourth-order valence-corrected chi connectivity index (χ4v) is 5.33. The number of nitrogens with zero attached hydrogens (tertiary/aromatic N) is 4. The first kappa shape index (κ1) is 28.1. The first-order chi connectivity index (χ1) is 15.6. The van der Waals surface area contributed by atoms with Gasteiger partial charge in [0.2, 0.25) is 11.8 Å². The maximum Gasteiger partial charge on any atom is 0.223 e. The highest BCUT2D eigenvalue weighted by molar-refractivity contribution is 9.09. The molecule has 0 spiro atoms. The van der Waals surface area contributed by atoms with Crippen molar-refractivity contribution in [2.45, 2.75) is 64.2 Å². The third-order valence-electron chi connectivity index (χ3n) is 6.77. The molecule has 186 valence electrons. The Morgan fingerprint density at radius 2 is 0.812 bits per heavy atom. The molecule has 2 amide bonds. The van der Waals surface area contributed by atoms with Gasteiger partial charge in [-0.3, -0.25) is 19.4 Å². The number of piperazine rings is 2. The molecule has 0 aliphatic carbocycles. The van der Waals surface area contributed by atoms with Crippen LogP contribution in [0, 0.1) is 0 Å². The molecule has 2 saturated heterocycles. The van der Waals surface area contributed by atoms with E-state index in [0.29, 0.717) is 24.7 Å². The van der Waals surface area contributed by atoms with E-state index in [1.54, 1.807) is 0 Å². The molecular formula is C24H44Br2N4O2. The highest BCUT2D eigenvalue weighted by Crippen LogP contribution is 2.12. The summed E-state index contributed by atoms with van der Waals surface area (Å²) in [4.78, 5) is 32.9. The van der Waals surface area contributed by atoms with Gasteiger partial charge in [0, 0.05) is 75.9 Å². The predicted molar refractivity (Wildman–Crippen MR) is 140 cm³/mol. The molecule has 2 fully saturated rings. The van der Waals surface area contributed by atoms with E-state index in [1.807, 2.05) is 9.80 Å². The van der Waals surface area contributed by atoms with Crippen molar-refractivity contribution < 1.29 is 9.59 Å². The minimum absolute atomic E-state index is 0.293. The monoisotopic (exact) mass is 578 g/mol. The van der Waals surface area contributed by atoms with Gasteiger partial charge >= 0.3 is 0 Å². The zero-order chi connectivity index (χ0) is 23.0. The Morgan fingerprint density at radius 3 is 1.12 bits per heavy atom. The maximum atomic E-state index is 11.9. The van der Waals surface area contributed by atoms with Crippen LogP contribution < -0.4 is 0 Å². The zero-order valence-electron chi connectivity index (χ0n) is 19.9. The van der Waals surface area contributed by atoms with E-state index in [2.05, 4.69) is 41.7 Å². The second-order valence-electron chi connectivity index (χ2n) is 9.15. The minimum Gasteiger partial charge on any atom is -0.340 e. The van der Waals surface area contributed by atoms with Crippen molar-refractivity contribution >= 4 is 43.7 Å². The summed E-state index contributed by atoms with van der Waals surface area (Å²) in [5.74, 6) is 0.586. The molecule has 0 unspecified atom stereocenters. The van der Waals surface area contributed by atoms with Gasteiger partial charge in [-0.1, -0.05) is 70.4 Å². The van der Waals surface area contributed by atoms with Gasteiger partial charge in [-0.25, -0.2) is 0 Å². The van der Waals surface area contributed by atoms with Crippen LogP contribution in [0.15, 0.2) is 0 Å². The zero-order valence-corrected chi connectivity index (χ0v) is 23.1. The van der Waals surface area contributed by atoms with Crippen LogP contribution in [0.1, 0.15) is 64.2 Å². The SMILES string of the molecule is O=C(CCBr)N1CCN(CCCCCCCCCCN2CCN(C(=O)CCBr)CC2)CC1. The Labute approximate surface area is 212 Å². The highest BCUT2D eigenvalue weighted by Gasteiger charge is 2.21. The van der Waals surface area contributed by atoms with Crippen LogP contribution in [-0.2, 0) is 9.59 Å². The molecular weight excluding hydrogens is 536 g/mol. The summed E-state index contributed by atoms with van der Waals surface area (Å²) < 4.78 is 0. The summed E-state index contributed by atoms with van der Waals surface area (Å²) in [5.41, 5.74) is 0. The number of amides is 2. The summed E-state index contributed by atoms with van der Waals surface area (Å²) in [5, 5.41) is 1.54. The van der Waals surface area contributed by atoms with E-state index < -0.39 is 0 Å². The minimum atomic E-state index is 0.293. The second kappa shape index (κ2) is 17.3. The fraction of sp³-hybridized carbons (Fsp3) is 0.917. The Hall–Kier alpha value is -0.180. The average Bonchev–Trinajstić information content (AvgIpc) is 2.81. The lowest BCUT2D eigenvalue weighted by Crippen LogP contribution is -2.48. The number of rotatable bonds is 15. The maximum absolute atomic E-state index is 11.9. The number of halogens is 2. The lowest BCUT2D eigenvalue weighted by Gasteiger charge is -2.34. The fourth-order valence-electron chi connectivity index (χ4n) is 4.65. The molecule has 0 aromatic carbocycles. The number of hydrogen-bond acceptors (Lipinski definition) is 4. The van der Waals surface area contributed by atoms with E-state index in [9.17, 15) is 9.59 Å². The van der Waals surface area contributed by atoms with E-state index in [1.165, 1.54) is 64.5 Å². The van der Waals surface area contributed by atoms with E-state index in [4.69, 9.17) is 0 Å². The van der Waals surface area contributed by atoms with E-state index in [0.717, 1.165) is 63.0 Å². The molecule has 2 rings (SSSR count). The lowest BCUT2D eigenvalue weighted by atomic mass is 10.1. The quantitative estimate of drug-likeness (QED) is 0.218. The predicted octanol–water partition coefficient (Wildman–Crippen LogP) is 3.97. The van der Waals surface area contributed by atoms with Crippen molar-refractivity contribution in [1.82, 2.24) is 19.6 Å². The Kier molecular flexibility index (Phi) is 15.2. The second-order valence-corrected chi connectivity index (χ2v) is 10.7. The smallest absolute Gasteiger partial charge is 0.223 e. The number of alkyl halides is 2. The van der Waals surface area contributed by atoms with Crippen molar-refractivity contribution in [2.75, 3.05) is 76.1 Å². The first-order valence-electron chi connectivity index (χ1n) is 12.8. The number of carbonyl (C=O) groups is 2. The molecule has 0 radical (unpaired) electrons. The van der Waals surface area contributed by atoms with Gasteiger partial charge in [0.25, 0.3) is 0 Å². The van der Waals surface area contributed by atoms with Crippen LogP contribution in [0.5, 0.6) is 0 Å². The largest absolute Gasteiger partial charge is 0.340 e. The van der Waals surface area contributed by atoms with Crippen molar-refractivity contribution in [1.29, 1.82) is 0 Å². The Balaban J connectivity index is 1.35. The van der Waals surface area contributed by atoms with E-state index in [-0.39, 0.29) is 0 Å². The van der Waals surface area contributed by atoms with Crippen molar-refractivity contribution in [3.05, 3.63) is 0 Å². The summed E-state index contributed by atoms with van der Waals surface area (Å²) in [6.07, 6.45) is 11.9. The van der Waals surface area contributed by atoms with Gasteiger partial charge in [-0.15, -0.1) is 0 Å². The molecule has 0 atom stereocenters. The third-order valence-corrected chi connectivity index (χ3v) is 7.56. The van der Waals surface area contributed by atoms with Crippen LogP contribution in [0.4, 0.5) is 0 Å². The number of unbranched alkanes of at least 4 members (excludes halogenated alkanes) is 7. The number of hydrogen-bond donors (Lipinski definition) is 0. The lowest BCUT2D eigenvalue weighted by molar-refractivity contribution is -0.133. The molecule has 0 bridgehead atoms. The third kappa shape index (κ3) is 11.3. The molecule has 2 aliphatic rings. The van der Waals surface area contributed by atoms with Crippen LogP contribution in [0.2, 0.25) is 0 Å². The number of carbonyl (C=O) groups excluding carboxylic acids is 2. The normalized spacial score (nSPS) is 18.3. The van der Waals surface area contributed by atoms with Gasteiger partial charge in [-0.2, -0.15) is 0 Å². The van der Waals surface area contributed by atoms with Crippen molar-refractivity contribution in [3.63, 3.8) is 0 Å². The summed E-state index contributed by atoms with van der Waals surface area (Å²) in [7, 11) is 0. The van der Waals surface area contributed by atoms with Gasteiger partial charge in [0.05, 0.1) is 0 Å². The molecule has 32 heavy (non-hydrogen) atoms. The van der Waals surface area contributed by atoms with Crippen LogP contribution in [0.3, 0.4) is 0 Å². The molecule has 2 aliphatic heterocycles. The average molecular weight is 580 g/mol. The molecule has 6 nitrogen and oxygen atoms in total. The Bertz CT molecular complexity index is 476. The van der Waals surface area contributed by atoms with E-state index >= 15 is 0 Å². The van der Waals surface area contributed by atoms with Gasteiger partial charge in [0.15, 0.2) is 0 Å². The first-order valence-corrected chi connectivity index (χ1v) is 15.0.